The topological polar surface area (TPSA) is 74.1 Å². The largest absolute Gasteiger partial charge is 0.423 e. The average molecular weight is 340 g/mol. The predicted octanol–water partition coefficient (Wildman–Crippen LogP) is 1.91. The van der Waals surface area contributed by atoms with Gasteiger partial charge < -0.3 is 9.32 Å². The summed E-state index contributed by atoms with van der Waals surface area (Å²) in [7, 11) is 1.95. The van der Waals surface area contributed by atoms with Gasteiger partial charge in [-0.2, -0.15) is 10.4 Å². The normalized spacial score (nSPS) is 18.5. The van der Waals surface area contributed by atoms with Crippen LogP contribution in [0.4, 0.5) is 5.88 Å². The lowest BCUT2D eigenvalue weighted by molar-refractivity contribution is 0.250. The molecule has 2 fully saturated rings. The van der Waals surface area contributed by atoms with Crippen molar-refractivity contribution in [3.63, 3.8) is 0 Å². The monoisotopic (exact) mass is 340 g/mol. The number of hydrogen-bond donors (Lipinski definition) is 0. The summed E-state index contributed by atoms with van der Waals surface area (Å²) in [5, 5.41) is 13.5. The maximum atomic E-state index is 9.33. The number of anilines is 1. The summed E-state index contributed by atoms with van der Waals surface area (Å²) >= 11 is 0. The molecule has 1 saturated heterocycles. The number of aryl methyl sites for hydroxylation is 2. The van der Waals surface area contributed by atoms with E-state index in [0.717, 1.165) is 64.3 Å². The summed E-state index contributed by atoms with van der Waals surface area (Å²) in [5.41, 5.74) is 1.75. The molecule has 7 heteroatoms. The molecule has 2 aromatic rings. The summed E-state index contributed by atoms with van der Waals surface area (Å²) in [6, 6.07) is 2.19. The van der Waals surface area contributed by atoms with Gasteiger partial charge in [0.1, 0.15) is 6.07 Å². The van der Waals surface area contributed by atoms with Gasteiger partial charge in [0.05, 0.1) is 6.20 Å². The molecule has 0 radical (unpaired) electrons. The number of rotatable bonds is 6. The first-order valence-corrected chi connectivity index (χ1v) is 9.08. The van der Waals surface area contributed by atoms with Crippen LogP contribution in [0.15, 0.2) is 16.8 Å². The van der Waals surface area contributed by atoms with E-state index in [0.29, 0.717) is 17.5 Å². The van der Waals surface area contributed by atoms with Crippen LogP contribution in [-0.4, -0.2) is 52.4 Å². The Hall–Kier alpha value is -2.33. The number of piperazine rings is 1. The number of aromatic nitrogens is 3. The third-order valence-corrected chi connectivity index (χ3v) is 5.02. The summed E-state index contributed by atoms with van der Waals surface area (Å²) in [5.74, 6) is 1.87. The Labute approximate surface area is 147 Å². The number of oxazole rings is 1. The number of nitrogens with zero attached hydrogens (tertiary/aromatic N) is 6. The van der Waals surface area contributed by atoms with Crippen molar-refractivity contribution < 1.29 is 4.42 Å². The van der Waals surface area contributed by atoms with Crippen molar-refractivity contribution in [1.82, 2.24) is 19.7 Å². The molecule has 2 aliphatic rings. The third kappa shape index (κ3) is 3.69. The Morgan fingerprint density at radius 2 is 2.08 bits per heavy atom. The third-order valence-electron chi connectivity index (χ3n) is 5.02. The highest BCUT2D eigenvalue weighted by Gasteiger charge is 2.32. The smallest absolute Gasteiger partial charge is 0.234 e. The first-order valence-electron chi connectivity index (χ1n) is 9.08. The van der Waals surface area contributed by atoms with Crippen molar-refractivity contribution in [2.75, 3.05) is 37.6 Å². The maximum absolute atomic E-state index is 9.33. The van der Waals surface area contributed by atoms with Crippen LogP contribution in [0.2, 0.25) is 0 Å². The number of nitriles is 1. The summed E-state index contributed by atoms with van der Waals surface area (Å²) in [6.45, 7) is 4.87. The summed E-state index contributed by atoms with van der Waals surface area (Å²) in [4.78, 5) is 9.04. The van der Waals surface area contributed by atoms with E-state index < -0.39 is 0 Å². The fourth-order valence-corrected chi connectivity index (χ4v) is 3.40. The summed E-state index contributed by atoms with van der Waals surface area (Å²) in [6.07, 6.45) is 8.51. The molecule has 1 saturated carbocycles. The molecule has 0 unspecified atom stereocenters. The molecular weight excluding hydrogens is 316 g/mol. The Balaban J connectivity index is 1.27. The second kappa shape index (κ2) is 6.89. The van der Waals surface area contributed by atoms with E-state index in [4.69, 9.17) is 4.42 Å². The van der Waals surface area contributed by atoms with Gasteiger partial charge in [-0.25, -0.2) is 4.98 Å². The SMILES string of the molecule is Cn1cc(CCCN2CCN(c3oc(C4CC4)nc3C#N)CC2)cn1. The molecule has 3 heterocycles. The predicted molar refractivity (Wildman–Crippen MR) is 93.4 cm³/mol. The minimum Gasteiger partial charge on any atom is -0.423 e. The Morgan fingerprint density at radius 3 is 2.72 bits per heavy atom. The standard InChI is InChI=1S/C18H24N6O/c1-22-13-14(12-20-22)3-2-6-23-7-9-24(10-8-23)18-16(11-19)21-17(25-18)15-4-5-15/h12-13,15H,2-10H2,1H3. The van der Waals surface area contributed by atoms with Gasteiger partial charge >= 0.3 is 0 Å². The molecule has 2 aromatic heterocycles. The Bertz CT molecular complexity index is 761. The van der Waals surface area contributed by atoms with Crippen LogP contribution >= 0.6 is 0 Å². The fourth-order valence-electron chi connectivity index (χ4n) is 3.40. The molecule has 0 amide bonds. The van der Waals surface area contributed by atoms with E-state index in [2.05, 4.69) is 32.1 Å². The van der Waals surface area contributed by atoms with E-state index in [-0.39, 0.29) is 0 Å². The summed E-state index contributed by atoms with van der Waals surface area (Å²) < 4.78 is 7.77. The molecule has 1 aliphatic heterocycles. The zero-order chi connectivity index (χ0) is 17.2. The maximum Gasteiger partial charge on any atom is 0.234 e. The average Bonchev–Trinajstić information content (AvgIpc) is 3.26. The zero-order valence-corrected chi connectivity index (χ0v) is 14.7. The van der Waals surface area contributed by atoms with E-state index in [9.17, 15) is 5.26 Å². The van der Waals surface area contributed by atoms with Gasteiger partial charge in [-0.15, -0.1) is 0 Å². The Morgan fingerprint density at radius 1 is 1.28 bits per heavy atom. The van der Waals surface area contributed by atoms with Crippen LogP contribution in [0.3, 0.4) is 0 Å². The fraction of sp³-hybridized carbons (Fsp3) is 0.611. The van der Waals surface area contributed by atoms with Gasteiger partial charge in [0.15, 0.2) is 0 Å². The van der Waals surface area contributed by atoms with Gasteiger partial charge in [0.25, 0.3) is 0 Å². The van der Waals surface area contributed by atoms with Crippen LogP contribution in [0.25, 0.3) is 0 Å². The second-order valence-electron chi connectivity index (χ2n) is 7.05. The lowest BCUT2D eigenvalue weighted by Gasteiger charge is -2.34. The highest BCUT2D eigenvalue weighted by molar-refractivity contribution is 5.48. The van der Waals surface area contributed by atoms with E-state index in [1.807, 2.05) is 17.9 Å². The van der Waals surface area contributed by atoms with E-state index in [1.54, 1.807) is 0 Å². The van der Waals surface area contributed by atoms with Gasteiger partial charge in [0, 0.05) is 45.3 Å². The highest BCUT2D eigenvalue weighted by Crippen LogP contribution is 2.41. The molecule has 0 spiro atoms. The van der Waals surface area contributed by atoms with Crippen molar-refractivity contribution in [2.45, 2.75) is 31.6 Å². The van der Waals surface area contributed by atoms with Crippen LogP contribution in [0.5, 0.6) is 0 Å². The second-order valence-corrected chi connectivity index (χ2v) is 7.05. The van der Waals surface area contributed by atoms with Crippen molar-refractivity contribution in [1.29, 1.82) is 5.26 Å². The first kappa shape index (κ1) is 16.2. The van der Waals surface area contributed by atoms with Gasteiger partial charge in [-0.05, 0) is 37.8 Å². The molecular formula is C18H24N6O. The number of hydrogen-bond acceptors (Lipinski definition) is 6. The highest BCUT2D eigenvalue weighted by atomic mass is 16.4. The minimum absolute atomic E-state index is 0.439. The first-order chi connectivity index (χ1) is 12.2. The zero-order valence-electron chi connectivity index (χ0n) is 14.7. The molecule has 25 heavy (non-hydrogen) atoms. The van der Waals surface area contributed by atoms with Crippen LogP contribution < -0.4 is 4.90 Å². The Kier molecular flexibility index (Phi) is 4.45. The molecule has 0 atom stereocenters. The lowest BCUT2D eigenvalue weighted by Crippen LogP contribution is -2.46. The van der Waals surface area contributed by atoms with Crippen LogP contribution in [0.1, 0.15) is 42.3 Å². The molecule has 132 valence electrons. The van der Waals surface area contributed by atoms with Gasteiger partial charge in [-0.1, -0.05) is 0 Å². The van der Waals surface area contributed by atoms with E-state index >= 15 is 0 Å². The molecule has 0 N–H and O–H groups in total. The minimum atomic E-state index is 0.439. The molecule has 0 aromatic carbocycles. The van der Waals surface area contributed by atoms with Crippen molar-refractivity contribution in [2.24, 2.45) is 7.05 Å². The van der Waals surface area contributed by atoms with Gasteiger partial charge in [-0.3, -0.25) is 9.58 Å². The van der Waals surface area contributed by atoms with Crippen LogP contribution in [-0.2, 0) is 13.5 Å². The molecule has 4 rings (SSSR count). The van der Waals surface area contributed by atoms with Crippen LogP contribution in [0, 0.1) is 11.3 Å². The molecule has 7 nitrogen and oxygen atoms in total. The van der Waals surface area contributed by atoms with Gasteiger partial charge in [0.2, 0.25) is 17.5 Å². The van der Waals surface area contributed by atoms with E-state index in [1.165, 1.54) is 5.56 Å². The molecule has 0 bridgehead atoms. The van der Waals surface area contributed by atoms with Crippen molar-refractivity contribution >= 4 is 5.88 Å². The molecule has 1 aliphatic carbocycles. The van der Waals surface area contributed by atoms with Crippen molar-refractivity contribution in [3.8, 4) is 6.07 Å². The van der Waals surface area contributed by atoms with Crippen molar-refractivity contribution in [3.05, 3.63) is 29.5 Å². The quantitative estimate of drug-likeness (QED) is 0.800. The lowest BCUT2D eigenvalue weighted by atomic mass is 10.2.